The van der Waals surface area contributed by atoms with Crippen molar-refractivity contribution < 1.29 is 4.74 Å². The largest absolute Gasteiger partial charge is 0.376 e. The van der Waals surface area contributed by atoms with Crippen LogP contribution in [0.5, 0.6) is 0 Å². The molecule has 158 valence electrons. The monoisotopic (exact) mass is 416 g/mol. The maximum atomic E-state index is 12.7. The van der Waals surface area contributed by atoms with Crippen molar-refractivity contribution >= 4 is 28.2 Å². The molecule has 1 atom stereocenters. The zero-order chi connectivity index (χ0) is 20.8. The highest BCUT2D eigenvalue weighted by Crippen LogP contribution is 2.17. The zero-order valence-corrected chi connectivity index (χ0v) is 18.5. The molecule has 1 aromatic carbocycles. The predicted octanol–water partition coefficient (Wildman–Crippen LogP) is 2.64. The van der Waals surface area contributed by atoms with Crippen LogP contribution in [0.4, 0.5) is 0 Å². The van der Waals surface area contributed by atoms with E-state index >= 15 is 0 Å². The highest BCUT2D eigenvalue weighted by Gasteiger charge is 2.22. The number of H-pyrrole nitrogens is 1. The first-order chi connectivity index (χ1) is 13.9. The van der Waals surface area contributed by atoms with Crippen molar-refractivity contribution in [3.05, 3.63) is 45.7 Å². The molecular weight excluding hydrogens is 384 g/mol. The normalized spacial score (nSPS) is 16.5. The van der Waals surface area contributed by atoms with Gasteiger partial charge in [-0.1, -0.05) is 11.6 Å². The van der Waals surface area contributed by atoms with Crippen LogP contribution in [0.15, 0.2) is 29.1 Å². The van der Waals surface area contributed by atoms with Gasteiger partial charge in [0.15, 0.2) is 5.11 Å². The molecule has 6 nitrogen and oxygen atoms in total. The quantitative estimate of drug-likeness (QED) is 0.510. The van der Waals surface area contributed by atoms with Crippen molar-refractivity contribution in [3.8, 4) is 0 Å². The van der Waals surface area contributed by atoms with Gasteiger partial charge in [-0.05, 0) is 82.6 Å². The van der Waals surface area contributed by atoms with Crippen LogP contribution in [0.3, 0.4) is 0 Å². The molecule has 7 heteroatoms. The average molecular weight is 417 g/mol. The number of aromatic nitrogens is 1. The molecule has 0 spiro atoms. The van der Waals surface area contributed by atoms with Gasteiger partial charge in [-0.3, -0.25) is 4.79 Å². The molecule has 29 heavy (non-hydrogen) atoms. The summed E-state index contributed by atoms with van der Waals surface area (Å²) in [6.07, 6.45) is 3.29. The van der Waals surface area contributed by atoms with Crippen LogP contribution in [-0.4, -0.2) is 66.3 Å². The van der Waals surface area contributed by atoms with Gasteiger partial charge in [0.1, 0.15) is 0 Å². The lowest BCUT2D eigenvalue weighted by atomic mass is 10.1. The van der Waals surface area contributed by atoms with E-state index in [1.807, 2.05) is 18.2 Å². The summed E-state index contributed by atoms with van der Waals surface area (Å²) in [5.74, 6) is 0. The molecule has 1 aliphatic rings. The fraction of sp³-hybridized carbons (Fsp3) is 0.545. The summed E-state index contributed by atoms with van der Waals surface area (Å²) in [5, 5.41) is 5.09. The van der Waals surface area contributed by atoms with Gasteiger partial charge in [-0.15, -0.1) is 0 Å². The Labute approximate surface area is 178 Å². The number of pyridine rings is 1. The van der Waals surface area contributed by atoms with Crippen LogP contribution in [0, 0.1) is 6.92 Å². The van der Waals surface area contributed by atoms with E-state index in [0.29, 0.717) is 18.2 Å². The van der Waals surface area contributed by atoms with Gasteiger partial charge in [0.05, 0.1) is 12.6 Å². The molecule has 0 radical (unpaired) electrons. The maximum Gasteiger partial charge on any atom is 0.253 e. The number of fused-ring (bicyclic) bond motifs is 1. The van der Waals surface area contributed by atoms with Crippen molar-refractivity contribution in [2.45, 2.75) is 38.8 Å². The Morgan fingerprint density at radius 2 is 2.17 bits per heavy atom. The molecular formula is C22H32N4O2S. The molecule has 0 unspecified atom stereocenters. The van der Waals surface area contributed by atoms with Crippen LogP contribution < -0.4 is 10.9 Å². The summed E-state index contributed by atoms with van der Waals surface area (Å²) in [6.45, 7) is 5.85. The molecule has 0 bridgehead atoms. The predicted molar refractivity (Wildman–Crippen MR) is 122 cm³/mol. The van der Waals surface area contributed by atoms with Gasteiger partial charge in [-0.2, -0.15) is 0 Å². The number of hydrogen-bond acceptors (Lipinski definition) is 4. The minimum absolute atomic E-state index is 0.0610. The number of nitrogens with one attached hydrogen (secondary N) is 2. The second-order valence-corrected chi connectivity index (χ2v) is 8.51. The first kappa shape index (κ1) is 21.7. The summed E-state index contributed by atoms with van der Waals surface area (Å²) < 4.78 is 5.82. The summed E-state index contributed by atoms with van der Waals surface area (Å²) in [5.41, 5.74) is 2.69. The molecule has 3 rings (SSSR count). The minimum Gasteiger partial charge on any atom is -0.376 e. The number of nitrogens with zero attached hydrogens (tertiary/aromatic N) is 2. The topological polar surface area (TPSA) is 60.6 Å². The number of rotatable bonds is 8. The fourth-order valence-corrected chi connectivity index (χ4v) is 3.89. The van der Waals surface area contributed by atoms with E-state index in [4.69, 9.17) is 17.0 Å². The number of thiocarbonyl (C=S) groups is 1. The Kier molecular flexibility index (Phi) is 7.64. The molecule has 1 aliphatic heterocycles. The Morgan fingerprint density at radius 1 is 1.34 bits per heavy atom. The number of hydrogen-bond donors (Lipinski definition) is 2. The van der Waals surface area contributed by atoms with Gasteiger partial charge in [0, 0.05) is 30.8 Å². The Bertz CT molecular complexity index is 890. The van der Waals surface area contributed by atoms with Crippen molar-refractivity contribution in [2.75, 3.05) is 40.3 Å². The van der Waals surface area contributed by atoms with Crippen molar-refractivity contribution in [2.24, 2.45) is 0 Å². The smallest absolute Gasteiger partial charge is 0.253 e. The van der Waals surface area contributed by atoms with E-state index in [2.05, 4.69) is 47.2 Å². The summed E-state index contributed by atoms with van der Waals surface area (Å²) in [4.78, 5) is 19.9. The first-order valence-corrected chi connectivity index (χ1v) is 10.7. The molecule has 1 aromatic heterocycles. The van der Waals surface area contributed by atoms with E-state index in [1.54, 1.807) is 0 Å². The number of benzene rings is 1. The van der Waals surface area contributed by atoms with E-state index in [-0.39, 0.29) is 11.7 Å². The highest BCUT2D eigenvalue weighted by molar-refractivity contribution is 7.80. The van der Waals surface area contributed by atoms with Crippen LogP contribution >= 0.6 is 12.2 Å². The molecule has 0 saturated carbocycles. The lowest BCUT2D eigenvalue weighted by Crippen LogP contribution is -2.44. The Balaban J connectivity index is 1.74. The van der Waals surface area contributed by atoms with Crippen LogP contribution in [0.25, 0.3) is 10.9 Å². The van der Waals surface area contributed by atoms with Gasteiger partial charge in [0.25, 0.3) is 5.56 Å². The highest BCUT2D eigenvalue weighted by atomic mass is 32.1. The SMILES string of the molecule is Cc1ccc2[nH]c(=O)c(CN(C[C@@H]3CCCO3)C(=S)NCCCN(C)C)cc2c1. The summed E-state index contributed by atoms with van der Waals surface area (Å²) >= 11 is 5.68. The van der Waals surface area contributed by atoms with E-state index in [1.165, 1.54) is 5.56 Å². The van der Waals surface area contributed by atoms with Crippen molar-refractivity contribution in [3.63, 3.8) is 0 Å². The standard InChI is InChI=1S/C22H32N4O2S/c1-16-7-8-20-17(12-16)13-18(21(27)24-20)14-26(15-19-6-4-11-28-19)22(29)23-9-5-10-25(2)3/h7-8,12-13,19H,4-6,9-11,14-15H2,1-3H3,(H,23,29)(H,24,27)/t19-/m0/s1. The molecule has 1 saturated heterocycles. The third-order valence-corrected chi connectivity index (χ3v) is 5.63. The van der Waals surface area contributed by atoms with Crippen LogP contribution in [-0.2, 0) is 11.3 Å². The van der Waals surface area contributed by atoms with Crippen molar-refractivity contribution in [1.29, 1.82) is 0 Å². The molecule has 1 fully saturated rings. The lowest BCUT2D eigenvalue weighted by Gasteiger charge is -2.28. The van der Waals surface area contributed by atoms with Gasteiger partial charge in [-0.25, -0.2) is 0 Å². The number of aryl methyl sites for hydroxylation is 1. The maximum absolute atomic E-state index is 12.7. The summed E-state index contributed by atoms with van der Waals surface area (Å²) in [6, 6.07) is 8.04. The second kappa shape index (κ2) is 10.2. The van der Waals surface area contributed by atoms with Crippen LogP contribution in [0.2, 0.25) is 0 Å². The zero-order valence-electron chi connectivity index (χ0n) is 17.7. The van der Waals surface area contributed by atoms with Gasteiger partial charge >= 0.3 is 0 Å². The Morgan fingerprint density at radius 3 is 2.90 bits per heavy atom. The minimum atomic E-state index is -0.0610. The first-order valence-electron chi connectivity index (χ1n) is 10.3. The Hall–Kier alpha value is -1.96. The van der Waals surface area contributed by atoms with E-state index in [0.717, 1.165) is 55.4 Å². The van der Waals surface area contributed by atoms with E-state index < -0.39 is 0 Å². The fourth-order valence-electron chi connectivity index (χ4n) is 3.65. The number of ether oxygens (including phenoxy) is 1. The lowest BCUT2D eigenvalue weighted by molar-refractivity contribution is 0.0897. The third-order valence-electron chi connectivity index (χ3n) is 5.23. The molecule has 0 aliphatic carbocycles. The molecule has 2 aromatic rings. The van der Waals surface area contributed by atoms with Gasteiger partial charge in [0.2, 0.25) is 0 Å². The third kappa shape index (κ3) is 6.26. The average Bonchev–Trinajstić information content (AvgIpc) is 3.18. The van der Waals surface area contributed by atoms with Crippen molar-refractivity contribution in [1.82, 2.24) is 20.1 Å². The summed E-state index contributed by atoms with van der Waals surface area (Å²) in [7, 11) is 4.13. The molecule has 2 heterocycles. The molecule has 0 amide bonds. The molecule has 2 N–H and O–H groups in total. The van der Waals surface area contributed by atoms with E-state index in [9.17, 15) is 4.79 Å². The second-order valence-electron chi connectivity index (χ2n) is 8.12. The van der Waals surface area contributed by atoms with Gasteiger partial charge < -0.3 is 24.8 Å². The van der Waals surface area contributed by atoms with Crippen LogP contribution in [0.1, 0.15) is 30.4 Å². The number of aromatic amines is 1.